The van der Waals surface area contributed by atoms with Gasteiger partial charge in [-0.3, -0.25) is 86.3 Å². The van der Waals surface area contributed by atoms with Gasteiger partial charge in [-0.1, -0.05) is 12.8 Å². The third-order valence-electron chi connectivity index (χ3n) is 19.5. The van der Waals surface area contributed by atoms with Gasteiger partial charge in [0, 0.05) is 141 Å². The first-order valence-electron chi connectivity index (χ1n) is 40.6. The average Bonchev–Trinajstić information content (AvgIpc) is 1.51. The molecule has 49 heteroatoms. The molecule has 712 valence electrons. The van der Waals surface area contributed by atoms with Crippen molar-refractivity contribution in [3.63, 3.8) is 0 Å². The summed E-state index contributed by atoms with van der Waals surface area (Å²) in [4.78, 5) is 251. The van der Waals surface area contributed by atoms with Crippen LogP contribution in [0.15, 0.2) is 0 Å². The smallest absolute Gasteiger partial charge is 0.315 e. The minimum atomic E-state index is -2.51. The highest BCUT2D eigenvalue weighted by molar-refractivity contribution is 8.00. The van der Waals surface area contributed by atoms with E-state index in [4.69, 9.17) is 118 Å². The summed E-state index contributed by atoms with van der Waals surface area (Å²) in [6, 6.07) is -0.124. The number of fused-ring (bicyclic) bond motifs is 1. The number of hydrogen-bond acceptors (Lipinski definition) is 45. The van der Waals surface area contributed by atoms with E-state index in [0.29, 0.717) is 19.3 Å². The highest BCUT2D eigenvalue weighted by atomic mass is 32.2. The molecule has 7 fully saturated rings. The van der Waals surface area contributed by atoms with Crippen molar-refractivity contribution < 1.29 is 210 Å². The van der Waals surface area contributed by atoms with Crippen molar-refractivity contribution in [2.24, 2.45) is 0 Å². The second-order valence-corrected chi connectivity index (χ2v) is 31.4. The SMILES string of the molecule is CC(=O)OCC1O[C@H](O[C@@H]2C(OC(C)=O)[C@@H](O[C@@H]3C(OC(C)=O)[C@@H](O[C@@H]4C(OC(C)=O)[C@@H](OC5[C@@H](OC(C)=O)[C@H](OC(C)=O)C(COC(C)=O)O[C@@H]5NC(=O)CCCCCNC(=O)CCCC[C@@H]5SC[C@@H]6NC(=O)N[C@@H]65)OC(COC(C)=O)[C@H]4OC(C)=O)OC(COC(C)=O)[C@H]3OC(C)=O)OC(COC(C)=O)[C@H]2OC(C)=O)C(OC(C)=O)[C@@H](OC(C)=O)[C@@H]1OC(C)=O. The fraction of sp³-hybridized carbons (Fsp3) is 0.756. The molecule has 4 amide bonds. The quantitative estimate of drug-likeness (QED) is 0.0240. The summed E-state index contributed by atoms with van der Waals surface area (Å²) in [6.07, 6.45) is -50.5. The molecule has 7 rings (SSSR count). The van der Waals surface area contributed by atoms with Crippen LogP contribution in [0.25, 0.3) is 0 Å². The molecule has 0 aromatic heterocycles. The van der Waals surface area contributed by atoms with Gasteiger partial charge in [-0.25, -0.2) is 4.79 Å². The Balaban J connectivity index is 1.35. The van der Waals surface area contributed by atoms with Gasteiger partial charge in [0.25, 0.3) is 0 Å². The van der Waals surface area contributed by atoms with Crippen molar-refractivity contribution in [3.05, 3.63) is 0 Å². The third kappa shape index (κ3) is 32.2. The molecule has 7 saturated heterocycles. The van der Waals surface area contributed by atoms with Crippen LogP contribution in [-0.4, -0.2) is 329 Å². The Labute approximate surface area is 731 Å². The first kappa shape index (κ1) is 104. The predicted octanol–water partition coefficient (Wildman–Crippen LogP) is -1.27. The lowest BCUT2D eigenvalue weighted by molar-refractivity contribution is -0.394. The topological polar surface area (TPSA) is 603 Å². The lowest BCUT2D eigenvalue weighted by Crippen LogP contribution is -2.70. The minimum absolute atomic E-state index is 0.0184. The van der Waals surface area contributed by atoms with E-state index in [9.17, 15) is 91.1 Å². The Hall–Kier alpha value is -10.3. The number of ether oxygens (including phenoxy) is 25. The number of rotatable bonds is 41. The summed E-state index contributed by atoms with van der Waals surface area (Å²) in [5, 5.41) is 11.6. The molecule has 28 atom stereocenters. The Morgan fingerprint density at radius 3 is 0.913 bits per heavy atom. The van der Waals surface area contributed by atoms with Gasteiger partial charge in [-0.05, 0) is 25.7 Å². The number of carbonyl (C=O) groups excluding carboxylic acids is 19. The molecule has 10 unspecified atom stereocenters. The van der Waals surface area contributed by atoms with Crippen LogP contribution in [0.4, 0.5) is 4.79 Å². The zero-order valence-corrected chi connectivity index (χ0v) is 73.5. The van der Waals surface area contributed by atoms with Crippen molar-refractivity contribution >= 4 is 125 Å². The van der Waals surface area contributed by atoms with Crippen LogP contribution in [0.5, 0.6) is 0 Å². The van der Waals surface area contributed by atoms with Crippen LogP contribution in [0.3, 0.4) is 0 Å². The zero-order valence-electron chi connectivity index (χ0n) is 72.6. The number of thioether (sulfide) groups is 1. The van der Waals surface area contributed by atoms with Gasteiger partial charge < -0.3 is 140 Å². The van der Waals surface area contributed by atoms with Crippen molar-refractivity contribution in [2.45, 2.75) is 333 Å². The van der Waals surface area contributed by atoms with Gasteiger partial charge in [-0.15, -0.1) is 0 Å². The molecule has 0 spiro atoms. The summed E-state index contributed by atoms with van der Waals surface area (Å²) in [5.41, 5.74) is 0. The second-order valence-electron chi connectivity index (χ2n) is 30.1. The number of unbranched alkanes of at least 4 members (excludes halogenated alkanes) is 3. The summed E-state index contributed by atoms with van der Waals surface area (Å²) in [5.74, 6) is -18.2. The molecule has 0 aromatic rings. The van der Waals surface area contributed by atoms with Gasteiger partial charge in [0.2, 0.25) is 11.8 Å². The van der Waals surface area contributed by atoms with Crippen molar-refractivity contribution in [1.29, 1.82) is 0 Å². The Morgan fingerprint density at radius 1 is 0.307 bits per heavy atom. The van der Waals surface area contributed by atoms with Crippen LogP contribution in [-0.2, 0) is 205 Å². The van der Waals surface area contributed by atoms with E-state index in [2.05, 4.69) is 21.3 Å². The predicted molar refractivity (Wildman–Crippen MR) is 411 cm³/mol. The first-order chi connectivity index (χ1) is 59.9. The molecule has 7 heterocycles. The van der Waals surface area contributed by atoms with Gasteiger partial charge in [0.05, 0.1) is 12.1 Å². The van der Waals surface area contributed by atoms with E-state index in [0.717, 1.165) is 129 Å². The van der Waals surface area contributed by atoms with Crippen LogP contribution in [0.2, 0.25) is 0 Å². The molecular formula is C78H110N4O44S. The van der Waals surface area contributed by atoms with Gasteiger partial charge >= 0.3 is 102 Å². The van der Waals surface area contributed by atoms with Crippen LogP contribution in [0.1, 0.15) is 162 Å². The van der Waals surface area contributed by atoms with Crippen LogP contribution in [0, 0.1) is 0 Å². The Bertz CT molecular complexity index is 3920. The number of esters is 16. The summed E-state index contributed by atoms with van der Waals surface area (Å²) in [6.45, 7) is 9.96. The first-order valence-corrected chi connectivity index (χ1v) is 41.6. The van der Waals surface area contributed by atoms with Crippen LogP contribution < -0.4 is 21.3 Å². The highest BCUT2D eigenvalue weighted by Crippen LogP contribution is 2.43. The molecule has 0 aliphatic carbocycles. The molecule has 0 aromatic carbocycles. The van der Waals surface area contributed by atoms with Crippen molar-refractivity contribution in [2.75, 3.05) is 45.3 Å². The third-order valence-corrected chi connectivity index (χ3v) is 21.0. The van der Waals surface area contributed by atoms with Crippen molar-refractivity contribution in [1.82, 2.24) is 21.3 Å². The second kappa shape index (κ2) is 49.3. The number of carbonyl (C=O) groups is 19. The van der Waals surface area contributed by atoms with Crippen molar-refractivity contribution in [3.8, 4) is 0 Å². The molecule has 48 nitrogen and oxygen atoms in total. The summed E-state index contributed by atoms with van der Waals surface area (Å²) >= 11 is 1.76. The largest absolute Gasteiger partial charge is 0.463 e. The normalized spacial score (nSPS) is 31.7. The van der Waals surface area contributed by atoms with E-state index in [1.54, 1.807) is 11.8 Å². The maximum atomic E-state index is 14.4. The molecule has 0 saturated carbocycles. The maximum absolute atomic E-state index is 14.4. The fourth-order valence-corrected chi connectivity index (χ4v) is 16.4. The molecule has 0 radical (unpaired) electrons. The number of amides is 4. The van der Waals surface area contributed by atoms with E-state index in [1.807, 2.05) is 0 Å². The van der Waals surface area contributed by atoms with E-state index < -0.39 is 288 Å². The maximum Gasteiger partial charge on any atom is 0.315 e. The molecule has 7 aliphatic rings. The van der Waals surface area contributed by atoms with E-state index in [1.165, 1.54) is 0 Å². The average molecular weight is 1840 g/mol. The molecule has 0 bridgehead atoms. The number of nitrogens with one attached hydrogen (secondary N) is 4. The zero-order chi connectivity index (χ0) is 94.0. The minimum Gasteiger partial charge on any atom is -0.463 e. The lowest BCUT2D eigenvalue weighted by Gasteiger charge is -2.52. The van der Waals surface area contributed by atoms with E-state index >= 15 is 0 Å². The summed E-state index contributed by atoms with van der Waals surface area (Å²) < 4.78 is 150. The Morgan fingerprint density at radius 2 is 0.583 bits per heavy atom. The number of urea groups is 1. The van der Waals surface area contributed by atoms with Crippen LogP contribution >= 0.6 is 11.8 Å². The molecule has 127 heavy (non-hydrogen) atoms. The number of hydrogen-bond donors (Lipinski definition) is 4. The standard InChI is InChI=1S/C78H110N4O44S/c1-32(83)102-26-49-58(107-37(6)88)63(112-42(11)93)68(73(118-49)81-56(100)24-18-17-21-25-79-55(99)23-20-19-22-54-57-48(31-127-54)80-78(101)82-57)126-77-72(117-47(16)98)67(62(111-41(10)92)53(122-77)30-106-36(5)87)125-76-71(116-46(15)97)66(61(110-40(9)91)52(121-76)29-105-35(4)86)124-75-70(115-45(14)96)65(60(109-39(8)90)51(120-75)28-104-34(3)85)123-74-69(114-44(13)95)64(113-43(12)94)59(108-38(7)89)50(119-74)27-103-33(2)84/h48-54,57-77H,17-31H2,1-16H3,(H,79,99)(H,81,100)(H2,80,82,101)/t48-,49?,50?,51?,52?,53?,54-,57-,58+,59+,60+,61+,62+,63-,64-,65-,66-,67-,68?,69?,70?,71?,72?,73-,74+,75+,76+,77+/m0/s1. The van der Waals surface area contributed by atoms with Gasteiger partial charge in [0.15, 0.2) is 98.5 Å². The molecular weight excluding hydrogens is 1730 g/mol. The lowest BCUT2D eigenvalue weighted by atomic mass is 9.94. The summed E-state index contributed by atoms with van der Waals surface area (Å²) in [7, 11) is 0. The fourth-order valence-electron chi connectivity index (χ4n) is 14.9. The molecule has 7 aliphatic heterocycles. The monoisotopic (exact) mass is 1840 g/mol. The van der Waals surface area contributed by atoms with Gasteiger partial charge in [0.1, 0.15) is 88.0 Å². The Kier molecular flexibility index (Phi) is 40.3. The van der Waals surface area contributed by atoms with Gasteiger partial charge in [-0.2, -0.15) is 11.8 Å². The molecule has 4 N–H and O–H groups in total. The highest BCUT2D eigenvalue weighted by Gasteiger charge is 2.64. The van der Waals surface area contributed by atoms with E-state index in [-0.39, 0.29) is 55.1 Å².